The van der Waals surface area contributed by atoms with E-state index in [4.69, 9.17) is 0 Å². The van der Waals surface area contributed by atoms with Gasteiger partial charge in [-0.1, -0.05) is 55.9 Å². The molecule has 7 atom stereocenters. The second-order valence-electron chi connectivity index (χ2n) is 10.0. The molecule has 3 heteroatoms. The van der Waals surface area contributed by atoms with Gasteiger partial charge in [-0.25, -0.2) is 0 Å². The van der Waals surface area contributed by atoms with Gasteiger partial charge < -0.3 is 15.3 Å². The zero-order valence-corrected chi connectivity index (χ0v) is 18.5. The molecule has 0 heterocycles. The highest BCUT2D eigenvalue weighted by atomic mass is 16.3. The van der Waals surface area contributed by atoms with Crippen LogP contribution in [0.15, 0.2) is 47.6 Å². The van der Waals surface area contributed by atoms with Crippen LogP contribution in [-0.4, -0.2) is 33.6 Å². The van der Waals surface area contributed by atoms with Crippen LogP contribution in [0.5, 0.6) is 0 Å². The van der Waals surface area contributed by atoms with Gasteiger partial charge in [-0.3, -0.25) is 0 Å². The maximum absolute atomic E-state index is 10.1. The Labute approximate surface area is 176 Å². The van der Waals surface area contributed by atoms with Crippen LogP contribution in [0, 0.1) is 23.2 Å². The fraction of sp³-hybridized carbons (Fsp3) is 0.692. The van der Waals surface area contributed by atoms with Crippen LogP contribution in [0.1, 0.15) is 72.1 Å². The Morgan fingerprint density at radius 3 is 2.48 bits per heavy atom. The van der Waals surface area contributed by atoms with Crippen molar-refractivity contribution in [1.82, 2.24) is 0 Å². The molecule has 0 unspecified atom stereocenters. The van der Waals surface area contributed by atoms with Gasteiger partial charge in [0.15, 0.2) is 0 Å². The molecule has 0 aromatic carbocycles. The predicted octanol–water partition coefficient (Wildman–Crippen LogP) is 5.09. The molecule has 3 aliphatic carbocycles. The molecule has 0 aromatic rings. The van der Waals surface area contributed by atoms with Crippen molar-refractivity contribution in [2.24, 2.45) is 23.2 Å². The Balaban J connectivity index is 1.72. The molecule has 0 amide bonds. The van der Waals surface area contributed by atoms with Crippen LogP contribution in [0.3, 0.4) is 0 Å². The summed E-state index contributed by atoms with van der Waals surface area (Å²) in [5, 5.41) is 29.7. The van der Waals surface area contributed by atoms with Gasteiger partial charge in [0.1, 0.15) is 0 Å². The third-order valence-corrected chi connectivity index (χ3v) is 7.89. The van der Waals surface area contributed by atoms with E-state index in [9.17, 15) is 15.3 Å². The van der Waals surface area contributed by atoms with E-state index in [-0.39, 0.29) is 6.10 Å². The maximum atomic E-state index is 10.1. The SMILES string of the molecule is C=C1[C@H](O)CC(=C/C=C2/CCC[C@]3(C)[C@@H]([C@H](C)/C=C/C[C@H](C)O)CC[C@@H]23)C[C@H]1O. The first kappa shape index (κ1) is 22.5. The summed E-state index contributed by atoms with van der Waals surface area (Å²) in [6.07, 6.45) is 15.6. The third-order valence-electron chi connectivity index (χ3n) is 7.89. The fourth-order valence-electron chi connectivity index (χ4n) is 6.19. The van der Waals surface area contributed by atoms with Crippen molar-refractivity contribution in [3.63, 3.8) is 0 Å². The van der Waals surface area contributed by atoms with Crippen molar-refractivity contribution in [2.45, 2.75) is 90.4 Å². The van der Waals surface area contributed by atoms with E-state index in [1.807, 2.05) is 6.92 Å². The van der Waals surface area contributed by atoms with E-state index in [0.717, 1.165) is 12.0 Å². The molecule has 3 saturated carbocycles. The lowest BCUT2D eigenvalue weighted by atomic mass is 9.61. The Morgan fingerprint density at radius 1 is 1.14 bits per heavy atom. The van der Waals surface area contributed by atoms with Gasteiger partial charge in [-0.15, -0.1) is 0 Å². The normalized spacial score (nSPS) is 39.0. The molecule has 3 nitrogen and oxygen atoms in total. The van der Waals surface area contributed by atoms with Crippen LogP contribution in [0.4, 0.5) is 0 Å². The molecule has 0 aromatic heterocycles. The molecule has 3 aliphatic rings. The Bertz CT molecular complexity index is 670. The minimum atomic E-state index is -0.620. The molecule has 0 radical (unpaired) electrons. The van der Waals surface area contributed by atoms with Crippen LogP contribution in [-0.2, 0) is 0 Å². The third kappa shape index (κ3) is 4.95. The number of aliphatic hydroxyl groups excluding tert-OH is 3. The highest BCUT2D eigenvalue weighted by Crippen LogP contribution is 2.59. The van der Waals surface area contributed by atoms with Crippen molar-refractivity contribution < 1.29 is 15.3 Å². The van der Waals surface area contributed by atoms with Gasteiger partial charge in [0.25, 0.3) is 0 Å². The highest BCUT2D eigenvalue weighted by Gasteiger charge is 2.50. The van der Waals surface area contributed by atoms with Crippen LogP contribution < -0.4 is 0 Å². The first-order valence-corrected chi connectivity index (χ1v) is 11.5. The molecule has 29 heavy (non-hydrogen) atoms. The molecule has 3 N–H and O–H groups in total. The first-order chi connectivity index (χ1) is 13.7. The second-order valence-corrected chi connectivity index (χ2v) is 10.0. The fourth-order valence-corrected chi connectivity index (χ4v) is 6.19. The molecular weight excluding hydrogens is 360 g/mol. The summed E-state index contributed by atoms with van der Waals surface area (Å²) < 4.78 is 0. The van der Waals surface area contributed by atoms with Crippen LogP contribution in [0.25, 0.3) is 0 Å². The molecular formula is C26H40O3. The quantitative estimate of drug-likeness (QED) is 0.563. The van der Waals surface area contributed by atoms with Gasteiger partial charge in [0.2, 0.25) is 0 Å². The van der Waals surface area contributed by atoms with Crippen molar-refractivity contribution in [2.75, 3.05) is 0 Å². The highest BCUT2D eigenvalue weighted by molar-refractivity contribution is 5.29. The largest absolute Gasteiger partial charge is 0.393 e. The van der Waals surface area contributed by atoms with Crippen molar-refractivity contribution >= 4 is 0 Å². The molecule has 3 rings (SSSR count). The van der Waals surface area contributed by atoms with E-state index in [2.05, 4.69) is 44.7 Å². The number of rotatable bonds is 5. The molecule has 0 bridgehead atoms. The monoisotopic (exact) mass is 400 g/mol. The zero-order valence-electron chi connectivity index (χ0n) is 18.5. The van der Waals surface area contributed by atoms with Gasteiger partial charge in [0.05, 0.1) is 18.3 Å². The summed E-state index contributed by atoms with van der Waals surface area (Å²) in [5.74, 6) is 1.87. The van der Waals surface area contributed by atoms with E-state index in [1.165, 1.54) is 32.1 Å². The zero-order chi connectivity index (χ0) is 21.2. The minimum absolute atomic E-state index is 0.267. The van der Waals surface area contributed by atoms with E-state index >= 15 is 0 Å². The number of fused-ring (bicyclic) bond motifs is 1. The maximum Gasteiger partial charge on any atom is 0.0809 e. The van der Waals surface area contributed by atoms with Gasteiger partial charge in [-0.05, 0) is 87.0 Å². The summed E-state index contributed by atoms with van der Waals surface area (Å²) in [4.78, 5) is 0. The van der Waals surface area contributed by atoms with E-state index < -0.39 is 12.2 Å². The smallest absolute Gasteiger partial charge is 0.0809 e. The Kier molecular flexibility index (Phi) is 7.24. The average molecular weight is 401 g/mol. The lowest BCUT2D eigenvalue weighted by Crippen LogP contribution is -2.35. The van der Waals surface area contributed by atoms with E-state index in [1.54, 1.807) is 5.57 Å². The van der Waals surface area contributed by atoms with Gasteiger partial charge >= 0.3 is 0 Å². The summed E-state index contributed by atoms with van der Waals surface area (Å²) in [5.41, 5.74) is 3.58. The Morgan fingerprint density at radius 2 is 1.83 bits per heavy atom. The number of hydrogen-bond donors (Lipinski definition) is 3. The van der Waals surface area contributed by atoms with Crippen LogP contribution >= 0.6 is 0 Å². The second kappa shape index (κ2) is 9.32. The summed E-state index contributed by atoms with van der Waals surface area (Å²) in [6, 6.07) is 0. The first-order valence-electron chi connectivity index (χ1n) is 11.5. The van der Waals surface area contributed by atoms with Gasteiger partial charge in [0, 0.05) is 0 Å². The molecule has 3 fully saturated rings. The summed E-state index contributed by atoms with van der Waals surface area (Å²) in [7, 11) is 0. The predicted molar refractivity (Wildman–Crippen MR) is 119 cm³/mol. The van der Waals surface area contributed by atoms with Gasteiger partial charge in [-0.2, -0.15) is 0 Å². The molecule has 0 saturated heterocycles. The number of allylic oxidation sites excluding steroid dienone is 4. The summed E-state index contributed by atoms with van der Waals surface area (Å²) >= 11 is 0. The van der Waals surface area contributed by atoms with Crippen molar-refractivity contribution in [3.05, 3.63) is 47.6 Å². The lowest BCUT2D eigenvalue weighted by molar-refractivity contribution is 0.112. The molecule has 162 valence electrons. The van der Waals surface area contributed by atoms with Crippen LogP contribution in [0.2, 0.25) is 0 Å². The molecule has 0 spiro atoms. The summed E-state index contributed by atoms with van der Waals surface area (Å²) in [6.45, 7) is 10.5. The Hall–Kier alpha value is -1.16. The standard InChI is InChI=1S/C26H40O3/c1-17(7-5-8-18(2)27)22-12-13-23-21(9-6-14-26(22,23)4)11-10-20-15-24(28)19(3)25(29)16-20/h5,7,10-11,17-18,22-25,27-29H,3,6,8-9,12-16H2,1-2,4H3/b7-5+,21-11-/t17-,18+,22-,23+,24-,25-,26-/m1/s1. The minimum Gasteiger partial charge on any atom is -0.393 e. The van der Waals surface area contributed by atoms with Crippen molar-refractivity contribution in [3.8, 4) is 0 Å². The average Bonchev–Trinajstić information content (AvgIpc) is 3.01. The number of hydrogen-bond acceptors (Lipinski definition) is 3. The van der Waals surface area contributed by atoms with E-state index in [0.29, 0.717) is 41.6 Å². The topological polar surface area (TPSA) is 60.7 Å². The number of aliphatic hydroxyl groups is 3. The molecule has 0 aliphatic heterocycles. The van der Waals surface area contributed by atoms with Crippen molar-refractivity contribution in [1.29, 1.82) is 0 Å². The lowest BCUT2D eigenvalue weighted by Gasteiger charge is -2.44.